The summed E-state index contributed by atoms with van der Waals surface area (Å²) in [5.74, 6) is 0. The maximum absolute atomic E-state index is 10.7. The van der Waals surface area contributed by atoms with Crippen LogP contribution >= 0.6 is 12.2 Å². The lowest BCUT2D eigenvalue weighted by atomic mass is 10.2. The van der Waals surface area contributed by atoms with Crippen LogP contribution in [-0.4, -0.2) is 16.3 Å². The lowest BCUT2D eigenvalue weighted by Gasteiger charge is -1.95. The summed E-state index contributed by atoms with van der Waals surface area (Å²) in [6, 6.07) is 6.41. The first-order chi connectivity index (χ1) is 8.11. The topological polar surface area (TPSA) is 93.5 Å². The van der Waals surface area contributed by atoms with Crippen molar-refractivity contribution in [3.63, 3.8) is 0 Å². The van der Waals surface area contributed by atoms with E-state index in [0.717, 1.165) is 0 Å². The van der Waals surface area contributed by atoms with E-state index in [9.17, 15) is 10.1 Å². The van der Waals surface area contributed by atoms with Crippen LogP contribution in [0.1, 0.15) is 5.56 Å². The Hall–Kier alpha value is -2.28. The summed E-state index contributed by atoms with van der Waals surface area (Å²) in [4.78, 5) is 10.3. The van der Waals surface area contributed by atoms with E-state index in [1.165, 1.54) is 12.3 Å². The lowest BCUT2D eigenvalue weighted by Crippen LogP contribution is -2.23. The summed E-state index contributed by atoms with van der Waals surface area (Å²) in [5.41, 5.74) is 8.05. The zero-order chi connectivity index (χ0) is 12.7. The van der Waals surface area contributed by atoms with Crippen LogP contribution in [0.3, 0.4) is 0 Å². The molecular formula is C10H10N4O2S. The number of thiocarbonyl (C=S) groups is 1. The summed E-state index contributed by atoms with van der Waals surface area (Å²) < 4.78 is 0. The van der Waals surface area contributed by atoms with Gasteiger partial charge in [0.25, 0.3) is 5.69 Å². The van der Waals surface area contributed by atoms with E-state index in [1.807, 2.05) is 0 Å². The molecule has 0 aliphatic rings. The molecule has 0 fully saturated rings. The van der Waals surface area contributed by atoms with Crippen molar-refractivity contribution in [2.45, 2.75) is 0 Å². The van der Waals surface area contributed by atoms with Gasteiger partial charge in [-0.2, -0.15) is 5.10 Å². The fourth-order valence-electron chi connectivity index (χ4n) is 1.09. The van der Waals surface area contributed by atoms with Crippen LogP contribution in [0, 0.1) is 10.1 Å². The van der Waals surface area contributed by atoms with Crippen molar-refractivity contribution in [2.24, 2.45) is 10.8 Å². The van der Waals surface area contributed by atoms with Gasteiger partial charge in [0.2, 0.25) is 0 Å². The Morgan fingerprint density at radius 1 is 1.53 bits per heavy atom. The zero-order valence-electron chi connectivity index (χ0n) is 8.74. The monoisotopic (exact) mass is 250 g/mol. The molecule has 0 radical (unpaired) electrons. The molecule has 0 heterocycles. The Morgan fingerprint density at radius 3 is 2.88 bits per heavy atom. The van der Waals surface area contributed by atoms with Gasteiger partial charge in [-0.15, -0.1) is 0 Å². The molecule has 7 heteroatoms. The van der Waals surface area contributed by atoms with E-state index in [-0.39, 0.29) is 10.8 Å². The van der Waals surface area contributed by atoms with E-state index >= 15 is 0 Å². The van der Waals surface area contributed by atoms with Crippen molar-refractivity contribution in [3.8, 4) is 0 Å². The van der Waals surface area contributed by atoms with Gasteiger partial charge in [0.15, 0.2) is 5.11 Å². The summed E-state index contributed by atoms with van der Waals surface area (Å²) in [6.07, 6.45) is 4.52. The van der Waals surface area contributed by atoms with Crippen LogP contribution in [0.5, 0.6) is 0 Å². The van der Waals surface area contributed by atoms with Crippen LogP contribution < -0.4 is 11.2 Å². The van der Waals surface area contributed by atoms with Crippen LogP contribution in [0.2, 0.25) is 0 Å². The van der Waals surface area contributed by atoms with Crippen LogP contribution in [0.15, 0.2) is 35.4 Å². The number of hydrogen-bond donors (Lipinski definition) is 2. The number of rotatable bonds is 4. The molecule has 1 rings (SSSR count). The minimum absolute atomic E-state index is 0.0412. The van der Waals surface area contributed by atoms with E-state index in [1.54, 1.807) is 30.4 Å². The summed E-state index contributed by atoms with van der Waals surface area (Å²) >= 11 is 4.53. The van der Waals surface area contributed by atoms with Crippen molar-refractivity contribution in [1.82, 2.24) is 5.43 Å². The molecule has 0 aromatic heterocycles. The first-order valence-corrected chi connectivity index (χ1v) is 5.00. The van der Waals surface area contributed by atoms with Gasteiger partial charge in [-0.05, 0) is 30.4 Å². The van der Waals surface area contributed by atoms with Gasteiger partial charge in [0, 0.05) is 12.3 Å². The van der Waals surface area contributed by atoms with Gasteiger partial charge in [-0.25, -0.2) is 0 Å². The molecule has 0 aliphatic carbocycles. The zero-order valence-corrected chi connectivity index (χ0v) is 9.55. The Labute approximate surface area is 103 Å². The number of nitrogens with one attached hydrogen (secondary N) is 1. The van der Waals surface area contributed by atoms with Crippen molar-refractivity contribution in [2.75, 3.05) is 0 Å². The molecule has 0 saturated carbocycles. The highest BCUT2D eigenvalue weighted by atomic mass is 32.1. The molecule has 0 spiro atoms. The average Bonchev–Trinajstić information content (AvgIpc) is 2.28. The fraction of sp³-hybridized carbons (Fsp3) is 0. The predicted octanol–water partition coefficient (Wildman–Crippen LogP) is 1.43. The first-order valence-electron chi connectivity index (χ1n) is 4.60. The molecule has 0 saturated heterocycles. The Kier molecular flexibility index (Phi) is 4.77. The van der Waals surface area contributed by atoms with Gasteiger partial charge in [-0.1, -0.05) is 12.1 Å². The second-order valence-corrected chi connectivity index (χ2v) is 3.37. The minimum Gasteiger partial charge on any atom is -0.375 e. The third-order valence-corrected chi connectivity index (χ3v) is 1.84. The maximum Gasteiger partial charge on any atom is 0.276 e. The molecule has 0 unspecified atom stereocenters. The molecule has 6 nitrogen and oxygen atoms in total. The second kappa shape index (κ2) is 6.33. The summed E-state index contributed by atoms with van der Waals surface area (Å²) in [7, 11) is 0. The van der Waals surface area contributed by atoms with E-state index in [2.05, 4.69) is 22.7 Å². The lowest BCUT2D eigenvalue weighted by molar-refractivity contribution is -0.385. The van der Waals surface area contributed by atoms with Gasteiger partial charge < -0.3 is 5.73 Å². The van der Waals surface area contributed by atoms with Crippen LogP contribution in [0.4, 0.5) is 5.69 Å². The predicted molar refractivity (Wildman–Crippen MR) is 70.5 cm³/mol. The van der Waals surface area contributed by atoms with Crippen molar-refractivity contribution >= 4 is 35.3 Å². The molecule has 88 valence electrons. The largest absolute Gasteiger partial charge is 0.375 e. The Balaban J connectivity index is 2.74. The molecule has 1 aromatic rings. The van der Waals surface area contributed by atoms with E-state index in [0.29, 0.717) is 5.56 Å². The average molecular weight is 250 g/mol. The van der Waals surface area contributed by atoms with Crippen LogP contribution in [0.25, 0.3) is 6.08 Å². The Bertz CT molecular complexity index is 485. The van der Waals surface area contributed by atoms with Crippen LogP contribution in [-0.2, 0) is 0 Å². The highest BCUT2D eigenvalue weighted by Crippen LogP contribution is 2.18. The summed E-state index contributed by atoms with van der Waals surface area (Å²) in [6.45, 7) is 0. The number of nitro groups is 1. The number of nitro benzene ring substituents is 1. The van der Waals surface area contributed by atoms with E-state index < -0.39 is 4.92 Å². The number of nitrogens with zero attached hydrogens (tertiary/aromatic N) is 2. The molecule has 0 bridgehead atoms. The quantitative estimate of drug-likeness (QED) is 0.365. The van der Waals surface area contributed by atoms with Gasteiger partial charge in [-0.3, -0.25) is 15.5 Å². The Morgan fingerprint density at radius 2 is 2.24 bits per heavy atom. The molecule has 0 amide bonds. The number of nitrogens with two attached hydrogens (primary N) is 1. The highest BCUT2D eigenvalue weighted by Gasteiger charge is 2.08. The van der Waals surface area contributed by atoms with Crippen molar-refractivity contribution in [1.29, 1.82) is 0 Å². The minimum atomic E-state index is -0.440. The fourth-order valence-corrected chi connectivity index (χ4v) is 1.14. The smallest absolute Gasteiger partial charge is 0.276 e. The second-order valence-electron chi connectivity index (χ2n) is 2.93. The van der Waals surface area contributed by atoms with E-state index in [4.69, 9.17) is 5.73 Å². The number of hydrogen-bond acceptors (Lipinski definition) is 4. The molecule has 0 atom stereocenters. The third-order valence-electron chi connectivity index (χ3n) is 1.74. The molecule has 17 heavy (non-hydrogen) atoms. The first kappa shape index (κ1) is 12.8. The summed E-state index contributed by atoms with van der Waals surface area (Å²) in [5, 5.41) is 14.4. The normalized spacial score (nSPS) is 10.8. The van der Waals surface area contributed by atoms with Gasteiger partial charge >= 0.3 is 0 Å². The SMILES string of the molecule is NC(=S)N/N=C/C=C/c1ccccc1[N+](=O)[O-]. The number of para-hydroxylation sites is 1. The molecule has 3 N–H and O–H groups in total. The standard InChI is InChI=1S/C10H10N4O2S/c11-10(17)13-12-7-3-5-8-4-1-2-6-9(8)14(15)16/h1-7H,(H3,11,13,17)/b5-3+,12-7+. The number of hydrazone groups is 1. The number of allylic oxidation sites excluding steroid dienone is 1. The van der Waals surface area contributed by atoms with Gasteiger partial charge in [0.05, 0.1) is 10.5 Å². The van der Waals surface area contributed by atoms with Gasteiger partial charge in [0.1, 0.15) is 0 Å². The van der Waals surface area contributed by atoms with Crippen molar-refractivity contribution in [3.05, 3.63) is 46.0 Å². The van der Waals surface area contributed by atoms with Crippen molar-refractivity contribution < 1.29 is 4.92 Å². The molecule has 0 aliphatic heterocycles. The maximum atomic E-state index is 10.7. The highest BCUT2D eigenvalue weighted by molar-refractivity contribution is 7.80. The molecule has 1 aromatic carbocycles. The number of benzene rings is 1. The third kappa shape index (κ3) is 4.39. The molecular weight excluding hydrogens is 240 g/mol.